The summed E-state index contributed by atoms with van der Waals surface area (Å²) in [6.07, 6.45) is 40.8. The first-order valence-electron chi connectivity index (χ1n) is 19.2. The van der Waals surface area contributed by atoms with Crippen LogP contribution in [0.15, 0.2) is 24.3 Å². The van der Waals surface area contributed by atoms with Crippen LogP contribution in [0, 0.1) is 0 Å². The molecule has 0 heterocycles. The van der Waals surface area contributed by atoms with Crippen molar-refractivity contribution in [1.29, 1.82) is 0 Å². The second-order valence-corrected chi connectivity index (χ2v) is 13.1. The molecule has 0 aromatic carbocycles. The highest BCUT2D eigenvalue weighted by Crippen LogP contribution is 2.15. The van der Waals surface area contributed by atoms with Gasteiger partial charge in [0.25, 0.3) is 0 Å². The van der Waals surface area contributed by atoms with E-state index in [1.54, 1.807) is 6.08 Å². The number of aliphatic hydroxyl groups is 3. The lowest BCUT2D eigenvalue weighted by atomic mass is 10.0. The van der Waals surface area contributed by atoms with Crippen LogP contribution < -0.4 is 5.32 Å². The Bertz CT molecular complexity index is 650. The van der Waals surface area contributed by atoms with Gasteiger partial charge < -0.3 is 20.6 Å². The number of hydrogen-bond acceptors (Lipinski definition) is 4. The molecular weight excluding hydrogens is 546 g/mol. The van der Waals surface area contributed by atoms with Gasteiger partial charge in [0.15, 0.2) is 0 Å². The van der Waals surface area contributed by atoms with Crippen LogP contribution in [0.25, 0.3) is 0 Å². The first-order valence-corrected chi connectivity index (χ1v) is 19.2. The van der Waals surface area contributed by atoms with E-state index in [0.717, 1.165) is 19.3 Å². The van der Waals surface area contributed by atoms with Gasteiger partial charge in [0.1, 0.15) is 6.10 Å². The number of carbonyl (C=O) groups excluding carboxylic acids is 1. The zero-order valence-corrected chi connectivity index (χ0v) is 29.3. The molecule has 0 aliphatic heterocycles. The highest BCUT2D eigenvalue weighted by Gasteiger charge is 2.22. The van der Waals surface area contributed by atoms with Crippen LogP contribution in [0.1, 0.15) is 194 Å². The lowest BCUT2D eigenvalue weighted by molar-refractivity contribution is -0.131. The summed E-state index contributed by atoms with van der Waals surface area (Å²) in [5, 5.41) is 32.8. The average molecular weight is 622 g/mol. The number of amides is 1. The Labute approximate surface area is 273 Å². The molecule has 3 unspecified atom stereocenters. The zero-order valence-electron chi connectivity index (χ0n) is 29.3. The van der Waals surface area contributed by atoms with Gasteiger partial charge in [0.2, 0.25) is 5.91 Å². The van der Waals surface area contributed by atoms with Crippen LogP contribution in [-0.2, 0) is 4.79 Å². The molecule has 0 rings (SSSR count). The highest BCUT2D eigenvalue weighted by molar-refractivity contribution is 5.80. The molecule has 3 atom stereocenters. The minimum Gasteiger partial charge on any atom is -0.394 e. The summed E-state index contributed by atoms with van der Waals surface area (Å²) < 4.78 is 0. The van der Waals surface area contributed by atoms with Crippen molar-refractivity contribution in [3.63, 3.8) is 0 Å². The maximum absolute atomic E-state index is 12.3. The molecule has 4 N–H and O–H groups in total. The van der Waals surface area contributed by atoms with E-state index in [1.807, 2.05) is 12.2 Å². The van der Waals surface area contributed by atoms with Crippen molar-refractivity contribution < 1.29 is 20.1 Å². The third-order valence-corrected chi connectivity index (χ3v) is 8.79. The molecule has 260 valence electrons. The number of aliphatic hydroxyl groups excluding tert-OH is 3. The van der Waals surface area contributed by atoms with E-state index in [9.17, 15) is 20.1 Å². The van der Waals surface area contributed by atoms with Gasteiger partial charge in [-0.15, -0.1) is 0 Å². The minimum atomic E-state index is -1.14. The fourth-order valence-electron chi connectivity index (χ4n) is 5.71. The molecule has 5 nitrogen and oxygen atoms in total. The molecular formula is C39H75NO4. The van der Waals surface area contributed by atoms with Gasteiger partial charge in [-0.2, -0.15) is 0 Å². The van der Waals surface area contributed by atoms with Crippen molar-refractivity contribution >= 4 is 5.91 Å². The summed E-state index contributed by atoms with van der Waals surface area (Å²) in [5.74, 6) is -0.540. The van der Waals surface area contributed by atoms with Crippen molar-refractivity contribution in [3.05, 3.63) is 24.3 Å². The number of nitrogens with one attached hydrogen (secondary N) is 1. The monoisotopic (exact) mass is 622 g/mol. The summed E-state index contributed by atoms with van der Waals surface area (Å²) in [4.78, 5) is 12.3. The average Bonchev–Trinajstić information content (AvgIpc) is 3.03. The summed E-state index contributed by atoms with van der Waals surface area (Å²) in [7, 11) is 0. The van der Waals surface area contributed by atoms with E-state index in [-0.39, 0.29) is 6.61 Å². The molecule has 0 saturated heterocycles. The van der Waals surface area contributed by atoms with Crippen LogP contribution in [0.5, 0.6) is 0 Å². The van der Waals surface area contributed by atoms with Crippen LogP contribution in [0.3, 0.4) is 0 Å². The predicted molar refractivity (Wildman–Crippen MR) is 190 cm³/mol. The zero-order chi connectivity index (χ0) is 32.4. The van der Waals surface area contributed by atoms with Gasteiger partial charge in [-0.05, 0) is 38.5 Å². The van der Waals surface area contributed by atoms with Crippen molar-refractivity contribution in [2.24, 2.45) is 0 Å². The molecule has 0 radical (unpaired) electrons. The van der Waals surface area contributed by atoms with Gasteiger partial charge in [-0.1, -0.05) is 179 Å². The highest BCUT2D eigenvalue weighted by atomic mass is 16.3. The largest absolute Gasteiger partial charge is 0.394 e. The van der Waals surface area contributed by atoms with Gasteiger partial charge >= 0.3 is 0 Å². The van der Waals surface area contributed by atoms with Gasteiger partial charge in [0, 0.05) is 0 Å². The molecule has 0 aliphatic carbocycles. The lowest BCUT2D eigenvalue weighted by Gasteiger charge is -2.21. The molecule has 44 heavy (non-hydrogen) atoms. The Hall–Kier alpha value is -1.17. The molecule has 0 spiro atoms. The van der Waals surface area contributed by atoms with E-state index in [2.05, 4.69) is 25.2 Å². The molecule has 0 aromatic heterocycles. The number of carbonyl (C=O) groups is 1. The number of rotatable bonds is 34. The number of unbranched alkanes of at least 4 members (excludes halogenated alkanes) is 24. The lowest BCUT2D eigenvalue weighted by Crippen LogP contribution is -2.48. The van der Waals surface area contributed by atoms with Crippen LogP contribution in [0.4, 0.5) is 0 Å². The third-order valence-electron chi connectivity index (χ3n) is 8.79. The van der Waals surface area contributed by atoms with Gasteiger partial charge in [-0.3, -0.25) is 4.79 Å². The Balaban J connectivity index is 3.65. The van der Waals surface area contributed by atoms with E-state index in [1.165, 1.54) is 148 Å². The SMILES string of the molecule is CCCCCC/C=C\CCC(O)C(=O)NC(CO)C(O)/C=C/CCCCCCCCCCCCCCCCCCCCCC. The normalized spacial score (nSPS) is 14.0. The quantitative estimate of drug-likeness (QED) is 0.0425. The van der Waals surface area contributed by atoms with Crippen LogP contribution in [-0.4, -0.2) is 46.1 Å². The fourth-order valence-corrected chi connectivity index (χ4v) is 5.71. The first-order chi connectivity index (χ1) is 21.6. The summed E-state index contributed by atoms with van der Waals surface area (Å²) in [6, 6.07) is -0.808. The standard InChI is InChI=1S/C39H75NO4/c1-3-5-7-9-11-13-14-15-16-17-18-19-20-21-22-23-24-25-26-28-29-31-33-37(42)36(35-41)40-39(44)38(43)34-32-30-27-12-10-8-6-4-2/h27,30-31,33,36-38,41-43H,3-26,28-29,32,34-35H2,1-2H3,(H,40,44)/b30-27-,33-31+. The molecule has 5 heteroatoms. The van der Waals surface area contributed by atoms with E-state index < -0.39 is 24.2 Å². The summed E-state index contributed by atoms with van der Waals surface area (Å²) in [6.45, 7) is 4.11. The molecule has 0 aromatic rings. The Morgan fingerprint density at radius 1 is 0.545 bits per heavy atom. The van der Waals surface area contributed by atoms with Crippen molar-refractivity contribution in [3.8, 4) is 0 Å². The maximum Gasteiger partial charge on any atom is 0.249 e. The summed E-state index contributed by atoms with van der Waals surface area (Å²) >= 11 is 0. The molecule has 0 bridgehead atoms. The van der Waals surface area contributed by atoms with E-state index in [0.29, 0.717) is 12.8 Å². The maximum atomic E-state index is 12.3. The molecule has 0 fully saturated rings. The van der Waals surface area contributed by atoms with Crippen LogP contribution in [0.2, 0.25) is 0 Å². The van der Waals surface area contributed by atoms with Crippen molar-refractivity contribution in [2.75, 3.05) is 6.61 Å². The first kappa shape index (κ1) is 42.8. The van der Waals surface area contributed by atoms with Crippen LogP contribution >= 0.6 is 0 Å². The van der Waals surface area contributed by atoms with Crippen molar-refractivity contribution in [2.45, 2.75) is 212 Å². The number of hydrogen-bond donors (Lipinski definition) is 4. The number of allylic oxidation sites excluding steroid dienone is 3. The third kappa shape index (κ3) is 29.5. The molecule has 0 aliphatic rings. The Kier molecular flexibility index (Phi) is 33.8. The Morgan fingerprint density at radius 3 is 1.34 bits per heavy atom. The molecule has 0 saturated carbocycles. The van der Waals surface area contributed by atoms with E-state index >= 15 is 0 Å². The van der Waals surface area contributed by atoms with Gasteiger partial charge in [0.05, 0.1) is 18.8 Å². The fraction of sp³-hybridized carbons (Fsp3) is 0.872. The topological polar surface area (TPSA) is 89.8 Å². The van der Waals surface area contributed by atoms with Gasteiger partial charge in [-0.25, -0.2) is 0 Å². The molecule has 1 amide bonds. The van der Waals surface area contributed by atoms with Crippen molar-refractivity contribution in [1.82, 2.24) is 5.32 Å². The second-order valence-electron chi connectivity index (χ2n) is 13.1. The second kappa shape index (κ2) is 34.7. The predicted octanol–water partition coefficient (Wildman–Crippen LogP) is 10.3. The smallest absolute Gasteiger partial charge is 0.249 e. The minimum absolute atomic E-state index is 0.334. The Morgan fingerprint density at radius 2 is 0.909 bits per heavy atom. The van der Waals surface area contributed by atoms with E-state index in [4.69, 9.17) is 0 Å². The summed E-state index contributed by atoms with van der Waals surface area (Å²) in [5.41, 5.74) is 0.